The first-order chi connectivity index (χ1) is 7.73. The van der Waals surface area contributed by atoms with Crippen LogP contribution < -0.4 is 5.32 Å². The lowest BCUT2D eigenvalue weighted by atomic mass is 10.00. The van der Waals surface area contributed by atoms with Gasteiger partial charge in [-0.15, -0.1) is 0 Å². The van der Waals surface area contributed by atoms with Crippen molar-refractivity contribution in [2.75, 3.05) is 5.32 Å². The zero-order chi connectivity index (χ0) is 13.2. The summed E-state index contributed by atoms with van der Waals surface area (Å²) in [5, 5.41) is 23.7. The largest absolute Gasteiger partial charge is 0.388 e. The summed E-state index contributed by atoms with van der Waals surface area (Å²) in [5.41, 5.74) is 0.442. The average Bonchev–Trinajstić information content (AvgIpc) is 2.19. The quantitative estimate of drug-likeness (QED) is 0.624. The summed E-state index contributed by atoms with van der Waals surface area (Å²) in [6.07, 6.45) is 0. The molecule has 1 rings (SSSR count). The highest BCUT2D eigenvalue weighted by Crippen LogP contribution is 2.26. The van der Waals surface area contributed by atoms with Crippen LogP contribution in [0.4, 0.5) is 11.4 Å². The summed E-state index contributed by atoms with van der Waals surface area (Å²) in [6, 6.07) is 4.66. The Morgan fingerprint density at radius 3 is 2.53 bits per heavy atom. The Kier molecular flexibility index (Phi) is 3.72. The molecule has 0 radical (unpaired) electrons. The standard InChI is InChI=1S/C12H18N2O3/c1-8-10(13-9(2)12(3,4)15)6-5-7-11(8)14(16)17/h5-7,9,13,15H,1-4H3. The molecule has 5 nitrogen and oxygen atoms in total. The van der Waals surface area contributed by atoms with E-state index >= 15 is 0 Å². The summed E-state index contributed by atoms with van der Waals surface area (Å²) in [4.78, 5) is 10.4. The third-order valence-electron chi connectivity index (χ3n) is 2.93. The molecule has 94 valence electrons. The Bertz CT molecular complexity index is 424. The fourth-order valence-corrected chi connectivity index (χ4v) is 1.39. The molecule has 17 heavy (non-hydrogen) atoms. The van der Waals surface area contributed by atoms with E-state index in [1.165, 1.54) is 6.07 Å². The van der Waals surface area contributed by atoms with Crippen LogP contribution in [0.2, 0.25) is 0 Å². The highest BCUT2D eigenvalue weighted by atomic mass is 16.6. The van der Waals surface area contributed by atoms with E-state index in [1.54, 1.807) is 32.9 Å². The molecule has 0 fully saturated rings. The van der Waals surface area contributed by atoms with Gasteiger partial charge in [0.05, 0.1) is 16.6 Å². The lowest BCUT2D eigenvalue weighted by Gasteiger charge is -2.28. The van der Waals surface area contributed by atoms with Gasteiger partial charge in [0, 0.05) is 17.3 Å². The lowest BCUT2D eigenvalue weighted by Crippen LogP contribution is -2.39. The number of benzene rings is 1. The van der Waals surface area contributed by atoms with Gasteiger partial charge in [-0.2, -0.15) is 0 Å². The van der Waals surface area contributed by atoms with Crippen molar-refractivity contribution in [1.82, 2.24) is 0 Å². The lowest BCUT2D eigenvalue weighted by molar-refractivity contribution is -0.385. The van der Waals surface area contributed by atoms with Crippen molar-refractivity contribution in [2.24, 2.45) is 0 Å². The highest BCUT2D eigenvalue weighted by Gasteiger charge is 2.23. The molecule has 1 unspecified atom stereocenters. The van der Waals surface area contributed by atoms with Gasteiger partial charge in [-0.1, -0.05) is 6.07 Å². The fraction of sp³-hybridized carbons (Fsp3) is 0.500. The van der Waals surface area contributed by atoms with Gasteiger partial charge in [0.15, 0.2) is 0 Å². The van der Waals surface area contributed by atoms with Gasteiger partial charge >= 0.3 is 0 Å². The van der Waals surface area contributed by atoms with Crippen molar-refractivity contribution < 1.29 is 10.0 Å². The SMILES string of the molecule is Cc1c(NC(C)C(C)(C)O)cccc1[N+](=O)[O-]. The third-order valence-corrected chi connectivity index (χ3v) is 2.93. The molecule has 0 aromatic heterocycles. The Morgan fingerprint density at radius 2 is 2.06 bits per heavy atom. The van der Waals surface area contributed by atoms with Crippen molar-refractivity contribution in [2.45, 2.75) is 39.3 Å². The molecule has 0 heterocycles. The van der Waals surface area contributed by atoms with Gasteiger partial charge in [0.2, 0.25) is 0 Å². The van der Waals surface area contributed by atoms with Gasteiger partial charge in [-0.25, -0.2) is 0 Å². The maximum absolute atomic E-state index is 10.8. The van der Waals surface area contributed by atoms with Crippen LogP contribution >= 0.6 is 0 Å². The number of rotatable bonds is 4. The maximum Gasteiger partial charge on any atom is 0.274 e. The van der Waals surface area contributed by atoms with Crippen LogP contribution in [0.15, 0.2) is 18.2 Å². The third kappa shape index (κ3) is 3.17. The van der Waals surface area contributed by atoms with Crippen LogP contribution in [-0.2, 0) is 0 Å². The molecular formula is C12H18N2O3. The van der Waals surface area contributed by atoms with Crippen LogP contribution in [0.5, 0.6) is 0 Å². The van der Waals surface area contributed by atoms with Crippen molar-refractivity contribution in [3.8, 4) is 0 Å². The Morgan fingerprint density at radius 1 is 1.47 bits per heavy atom. The molecule has 0 amide bonds. The number of hydrogen-bond acceptors (Lipinski definition) is 4. The minimum atomic E-state index is -0.892. The number of nitrogens with one attached hydrogen (secondary N) is 1. The zero-order valence-corrected chi connectivity index (χ0v) is 10.5. The van der Waals surface area contributed by atoms with Gasteiger partial charge in [-0.05, 0) is 33.8 Å². The van der Waals surface area contributed by atoms with Crippen LogP contribution in [0.3, 0.4) is 0 Å². The summed E-state index contributed by atoms with van der Waals surface area (Å²) in [7, 11) is 0. The monoisotopic (exact) mass is 238 g/mol. The number of nitrogens with zero attached hydrogens (tertiary/aromatic N) is 1. The normalized spacial score (nSPS) is 13.2. The molecule has 2 N–H and O–H groups in total. The first kappa shape index (κ1) is 13.4. The molecule has 1 atom stereocenters. The predicted molar refractivity (Wildman–Crippen MR) is 67.2 cm³/mol. The van der Waals surface area contributed by atoms with E-state index in [1.807, 2.05) is 6.92 Å². The average molecular weight is 238 g/mol. The first-order valence-electron chi connectivity index (χ1n) is 5.46. The molecule has 5 heteroatoms. The Balaban J connectivity index is 3.01. The second-order valence-electron chi connectivity index (χ2n) is 4.73. The number of nitro benzene ring substituents is 1. The highest BCUT2D eigenvalue weighted by molar-refractivity contribution is 5.60. The van der Waals surface area contributed by atoms with E-state index in [-0.39, 0.29) is 11.7 Å². The number of aliphatic hydroxyl groups is 1. The van der Waals surface area contributed by atoms with E-state index in [4.69, 9.17) is 0 Å². The molecule has 0 aliphatic heterocycles. The molecule has 0 aliphatic rings. The van der Waals surface area contributed by atoms with Gasteiger partial charge in [-0.3, -0.25) is 10.1 Å². The molecule has 1 aromatic carbocycles. The Labute approximate surface area is 101 Å². The molecule has 0 saturated heterocycles. The second kappa shape index (κ2) is 4.71. The molecule has 0 bridgehead atoms. The van der Waals surface area contributed by atoms with Crippen LogP contribution in [0.1, 0.15) is 26.3 Å². The van der Waals surface area contributed by atoms with Gasteiger partial charge in [0.25, 0.3) is 5.69 Å². The van der Waals surface area contributed by atoms with E-state index < -0.39 is 10.5 Å². The zero-order valence-electron chi connectivity index (χ0n) is 10.5. The minimum absolute atomic E-state index is 0.0814. The van der Waals surface area contributed by atoms with E-state index in [2.05, 4.69) is 5.32 Å². The molecule has 0 saturated carbocycles. The van der Waals surface area contributed by atoms with Gasteiger partial charge < -0.3 is 10.4 Å². The summed E-state index contributed by atoms with van der Waals surface area (Å²) >= 11 is 0. The van der Waals surface area contributed by atoms with Crippen LogP contribution in [0.25, 0.3) is 0 Å². The predicted octanol–water partition coefficient (Wildman–Crippen LogP) is 2.47. The van der Waals surface area contributed by atoms with E-state index in [0.29, 0.717) is 11.3 Å². The smallest absolute Gasteiger partial charge is 0.274 e. The summed E-state index contributed by atoms with van der Waals surface area (Å²) < 4.78 is 0. The number of anilines is 1. The van der Waals surface area contributed by atoms with E-state index in [0.717, 1.165) is 0 Å². The maximum atomic E-state index is 10.8. The molecule has 0 aliphatic carbocycles. The van der Waals surface area contributed by atoms with Crippen molar-refractivity contribution in [3.63, 3.8) is 0 Å². The molecule has 1 aromatic rings. The van der Waals surface area contributed by atoms with Crippen molar-refractivity contribution in [3.05, 3.63) is 33.9 Å². The number of nitro groups is 1. The van der Waals surface area contributed by atoms with Crippen molar-refractivity contribution in [1.29, 1.82) is 0 Å². The van der Waals surface area contributed by atoms with Crippen molar-refractivity contribution >= 4 is 11.4 Å². The first-order valence-corrected chi connectivity index (χ1v) is 5.46. The van der Waals surface area contributed by atoms with Crippen LogP contribution in [0, 0.1) is 17.0 Å². The Hall–Kier alpha value is -1.62. The summed E-state index contributed by atoms with van der Waals surface area (Å²) in [5.74, 6) is 0. The van der Waals surface area contributed by atoms with Gasteiger partial charge in [0.1, 0.15) is 0 Å². The minimum Gasteiger partial charge on any atom is -0.388 e. The van der Waals surface area contributed by atoms with Crippen LogP contribution in [-0.4, -0.2) is 21.7 Å². The summed E-state index contributed by atoms with van der Waals surface area (Å²) in [6.45, 7) is 6.91. The van der Waals surface area contributed by atoms with E-state index in [9.17, 15) is 15.2 Å². The topological polar surface area (TPSA) is 75.4 Å². The molecule has 0 spiro atoms. The number of hydrogen-bond donors (Lipinski definition) is 2. The fourth-order valence-electron chi connectivity index (χ4n) is 1.39. The second-order valence-corrected chi connectivity index (χ2v) is 4.73. The molecular weight excluding hydrogens is 220 g/mol.